The van der Waals surface area contributed by atoms with Gasteiger partial charge in [0, 0.05) is 13.0 Å². The first-order valence-electron chi connectivity index (χ1n) is 4.68. The summed E-state index contributed by atoms with van der Waals surface area (Å²) in [6.45, 7) is 4.60. The van der Waals surface area contributed by atoms with Crippen LogP contribution in [0.4, 0.5) is 0 Å². The molecule has 0 bridgehead atoms. The van der Waals surface area contributed by atoms with Crippen molar-refractivity contribution in [1.82, 2.24) is 4.90 Å². The lowest BCUT2D eigenvalue weighted by molar-refractivity contribution is -0.132. The lowest BCUT2D eigenvalue weighted by Crippen LogP contribution is -2.38. The fourth-order valence-corrected chi connectivity index (χ4v) is 1.84. The molecule has 70 valence electrons. The van der Waals surface area contributed by atoms with Gasteiger partial charge < -0.3 is 10.0 Å². The van der Waals surface area contributed by atoms with E-state index in [9.17, 15) is 9.90 Å². The van der Waals surface area contributed by atoms with Gasteiger partial charge in [0.15, 0.2) is 0 Å². The van der Waals surface area contributed by atoms with Gasteiger partial charge in [-0.15, -0.1) is 0 Å². The number of carbonyl (C=O) groups excluding carboxylic acids is 1. The summed E-state index contributed by atoms with van der Waals surface area (Å²) in [7, 11) is 0. The van der Waals surface area contributed by atoms with Gasteiger partial charge in [-0.3, -0.25) is 4.79 Å². The molecule has 0 saturated carbocycles. The number of aliphatic hydroxyl groups is 1. The molecule has 2 atom stereocenters. The first-order valence-corrected chi connectivity index (χ1v) is 4.68. The first kappa shape index (κ1) is 9.52. The van der Waals surface area contributed by atoms with E-state index >= 15 is 0 Å². The molecular weight excluding hydrogens is 154 g/mol. The van der Waals surface area contributed by atoms with Gasteiger partial charge in [0.1, 0.15) is 0 Å². The Kier molecular flexibility index (Phi) is 3.09. The maximum absolute atomic E-state index is 11.3. The van der Waals surface area contributed by atoms with Gasteiger partial charge in [0.2, 0.25) is 5.91 Å². The predicted molar refractivity (Wildman–Crippen MR) is 46.7 cm³/mol. The van der Waals surface area contributed by atoms with Crippen molar-refractivity contribution in [3.05, 3.63) is 0 Å². The van der Waals surface area contributed by atoms with Crippen LogP contribution in [-0.2, 0) is 4.79 Å². The van der Waals surface area contributed by atoms with Crippen LogP contribution in [0, 0.1) is 0 Å². The maximum atomic E-state index is 11.3. The molecule has 0 unspecified atom stereocenters. The zero-order valence-electron chi connectivity index (χ0n) is 7.79. The Bertz CT molecular complexity index is 170. The van der Waals surface area contributed by atoms with Crippen LogP contribution in [0.1, 0.15) is 33.1 Å². The van der Waals surface area contributed by atoms with E-state index in [1.165, 1.54) is 0 Å². The third kappa shape index (κ3) is 1.61. The van der Waals surface area contributed by atoms with Crippen LogP contribution < -0.4 is 0 Å². The molecule has 1 saturated heterocycles. The zero-order chi connectivity index (χ0) is 9.14. The minimum absolute atomic E-state index is 0.0671. The third-order valence-corrected chi connectivity index (χ3v) is 2.55. The molecule has 1 N–H and O–H groups in total. The largest absolute Gasteiger partial charge is 0.391 e. The Morgan fingerprint density at radius 3 is 2.75 bits per heavy atom. The number of rotatable bonds is 2. The number of hydrogen-bond acceptors (Lipinski definition) is 2. The number of likely N-dealkylation sites (tertiary alicyclic amines) is 1. The summed E-state index contributed by atoms with van der Waals surface area (Å²) in [6.07, 6.45) is 1.84. The molecule has 12 heavy (non-hydrogen) atoms. The first-order chi connectivity index (χ1) is 5.70. The monoisotopic (exact) mass is 171 g/mol. The van der Waals surface area contributed by atoms with Crippen molar-refractivity contribution in [2.75, 3.05) is 6.54 Å². The van der Waals surface area contributed by atoms with Crippen molar-refractivity contribution in [3.63, 3.8) is 0 Å². The Morgan fingerprint density at radius 2 is 2.25 bits per heavy atom. The van der Waals surface area contributed by atoms with Crippen molar-refractivity contribution in [1.29, 1.82) is 0 Å². The second-order valence-corrected chi connectivity index (χ2v) is 3.27. The van der Waals surface area contributed by atoms with E-state index in [1.807, 2.05) is 18.7 Å². The van der Waals surface area contributed by atoms with Crippen LogP contribution in [0.25, 0.3) is 0 Å². The summed E-state index contributed by atoms with van der Waals surface area (Å²) in [6, 6.07) is 0.0671. The normalized spacial score (nSPS) is 29.4. The number of nitrogens with zero attached hydrogens (tertiary/aromatic N) is 1. The number of amides is 1. The SMILES string of the molecule is CCC(=O)N1CC[C@@H](O)[C@@H]1CC. The molecule has 1 aliphatic rings. The highest BCUT2D eigenvalue weighted by atomic mass is 16.3. The lowest BCUT2D eigenvalue weighted by atomic mass is 10.1. The van der Waals surface area contributed by atoms with Crippen molar-refractivity contribution < 1.29 is 9.90 Å². The van der Waals surface area contributed by atoms with Gasteiger partial charge in [-0.2, -0.15) is 0 Å². The molecule has 3 heteroatoms. The second-order valence-electron chi connectivity index (χ2n) is 3.27. The molecular formula is C9H17NO2. The van der Waals surface area contributed by atoms with Gasteiger partial charge in [0.25, 0.3) is 0 Å². The van der Waals surface area contributed by atoms with Crippen molar-refractivity contribution in [3.8, 4) is 0 Å². The molecule has 1 rings (SSSR count). The molecule has 0 aromatic heterocycles. The lowest BCUT2D eigenvalue weighted by Gasteiger charge is -2.24. The van der Waals surface area contributed by atoms with E-state index in [1.54, 1.807) is 0 Å². The van der Waals surface area contributed by atoms with E-state index in [-0.39, 0.29) is 18.1 Å². The maximum Gasteiger partial charge on any atom is 0.222 e. The van der Waals surface area contributed by atoms with Crippen LogP contribution in [0.3, 0.4) is 0 Å². The fourth-order valence-electron chi connectivity index (χ4n) is 1.84. The highest BCUT2D eigenvalue weighted by Gasteiger charge is 2.33. The molecule has 1 aliphatic heterocycles. The molecule has 0 aliphatic carbocycles. The smallest absolute Gasteiger partial charge is 0.222 e. The van der Waals surface area contributed by atoms with Crippen molar-refractivity contribution in [2.45, 2.75) is 45.3 Å². The van der Waals surface area contributed by atoms with E-state index in [4.69, 9.17) is 0 Å². The molecule has 0 spiro atoms. The van der Waals surface area contributed by atoms with Crippen LogP contribution in [0.15, 0.2) is 0 Å². The van der Waals surface area contributed by atoms with Crippen LogP contribution in [0.2, 0.25) is 0 Å². The highest BCUT2D eigenvalue weighted by molar-refractivity contribution is 5.76. The summed E-state index contributed by atoms with van der Waals surface area (Å²) in [5, 5.41) is 9.51. The summed E-state index contributed by atoms with van der Waals surface area (Å²) in [5.41, 5.74) is 0. The van der Waals surface area contributed by atoms with Crippen LogP contribution in [-0.4, -0.2) is 34.6 Å². The molecule has 0 aromatic carbocycles. The molecule has 1 amide bonds. The van der Waals surface area contributed by atoms with E-state index < -0.39 is 0 Å². The quantitative estimate of drug-likeness (QED) is 0.666. The minimum atomic E-state index is -0.300. The Labute approximate surface area is 73.4 Å². The van der Waals surface area contributed by atoms with E-state index in [2.05, 4.69) is 0 Å². The Balaban J connectivity index is 2.60. The molecule has 0 radical (unpaired) electrons. The van der Waals surface area contributed by atoms with Crippen LogP contribution >= 0.6 is 0 Å². The van der Waals surface area contributed by atoms with E-state index in [0.29, 0.717) is 6.42 Å². The average molecular weight is 171 g/mol. The summed E-state index contributed by atoms with van der Waals surface area (Å²) in [4.78, 5) is 13.2. The Morgan fingerprint density at radius 1 is 1.58 bits per heavy atom. The predicted octanol–water partition coefficient (Wildman–Crippen LogP) is 0.768. The summed E-state index contributed by atoms with van der Waals surface area (Å²) >= 11 is 0. The number of aliphatic hydroxyl groups excluding tert-OH is 1. The average Bonchev–Trinajstić information content (AvgIpc) is 2.45. The van der Waals surface area contributed by atoms with Gasteiger partial charge in [-0.1, -0.05) is 13.8 Å². The Hall–Kier alpha value is -0.570. The zero-order valence-corrected chi connectivity index (χ0v) is 7.79. The topological polar surface area (TPSA) is 40.5 Å². The minimum Gasteiger partial charge on any atom is -0.391 e. The van der Waals surface area contributed by atoms with E-state index in [0.717, 1.165) is 19.4 Å². The van der Waals surface area contributed by atoms with Gasteiger partial charge in [-0.05, 0) is 12.8 Å². The summed E-state index contributed by atoms with van der Waals surface area (Å²) in [5.74, 6) is 0.165. The van der Waals surface area contributed by atoms with Gasteiger partial charge in [-0.25, -0.2) is 0 Å². The standard InChI is InChI=1S/C9H17NO2/c1-3-7-8(11)5-6-10(7)9(12)4-2/h7-8,11H,3-6H2,1-2H3/t7-,8+/m0/s1. The number of carbonyl (C=O) groups is 1. The second kappa shape index (κ2) is 3.90. The van der Waals surface area contributed by atoms with Crippen LogP contribution in [0.5, 0.6) is 0 Å². The van der Waals surface area contributed by atoms with Gasteiger partial charge in [0.05, 0.1) is 12.1 Å². The highest BCUT2D eigenvalue weighted by Crippen LogP contribution is 2.21. The van der Waals surface area contributed by atoms with Crippen molar-refractivity contribution >= 4 is 5.91 Å². The number of hydrogen-bond donors (Lipinski definition) is 1. The van der Waals surface area contributed by atoms with Gasteiger partial charge >= 0.3 is 0 Å². The molecule has 1 fully saturated rings. The molecule has 1 heterocycles. The summed E-state index contributed by atoms with van der Waals surface area (Å²) < 4.78 is 0. The van der Waals surface area contributed by atoms with Crippen molar-refractivity contribution in [2.24, 2.45) is 0 Å². The molecule has 0 aromatic rings. The fraction of sp³-hybridized carbons (Fsp3) is 0.889. The third-order valence-electron chi connectivity index (χ3n) is 2.55. The molecule has 3 nitrogen and oxygen atoms in total.